The maximum atomic E-state index is 6.13. The number of hydrogen-bond acceptors (Lipinski definition) is 2. The number of nitrogens with zero attached hydrogens (tertiary/aromatic N) is 2. The SMILES string of the molecule is Cn1ncc(Cl)c1C(N)Cc1ccc(Cl)cc1. The van der Waals surface area contributed by atoms with Gasteiger partial charge in [-0.15, -0.1) is 0 Å². The van der Waals surface area contributed by atoms with E-state index in [0.29, 0.717) is 11.4 Å². The van der Waals surface area contributed by atoms with Gasteiger partial charge in [-0.2, -0.15) is 5.10 Å². The van der Waals surface area contributed by atoms with Crippen molar-refractivity contribution < 1.29 is 0 Å². The van der Waals surface area contributed by atoms with Crippen molar-refractivity contribution in [2.24, 2.45) is 12.8 Å². The first-order valence-electron chi connectivity index (χ1n) is 5.25. The monoisotopic (exact) mass is 269 g/mol. The van der Waals surface area contributed by atoms with E-state index in [4.69, 9.17) is 28.9 Å². The predicted molar refractivity (Wildman–Crippen MR) is 70.3 cm³/mol. The number of aromatic nitrogens is 2. The Kier molecular flexibility index (Phi) is 3.72. The highest BCUT2D eigenvalue weighted by atomic mass is 35.5. The van der Waals surface area contributed by atoms with Crippen LogP contribution in [0.25, 0.3) is 0 Å². The van der Waals surface area contributed by atoms with Crippen LogP contribution in [0.3, 0.4) is 0 Å². The molecule has 2 N–H and O–H groups in total. The van der Waals surface area contributed by atoms with Crippen molar-refractivity contribution in [3.8, 4) is 0 Å². The van der Waals surface area contributed by atoms with Crippen LogP contribution in [0.2, 0.25) is 10.0 Å². The molecule has 3 nitrogen and oxygen atoms in total. The summed E-state index contributed by atoms with van der Waals surface area (Å²) in [6.07, 6.45) is 2.31. The van der Waals surface area contributed by atoms with Gasteiger partial charge in [-0.1, -0.05) is 35.3 Å². The van der Waals surface area contributed by atoms with Gasteiger partial charge in [-0.25, -0.2) is 0 Å². The number of rotatable bonds is 3. The second kappa shape index (κ2) is 5.08. The molecule has 1 aromatic heterocycles. The summed E-state index contributed by atoms with van der Waals surface area (Å²) in [5.41, 5.74) is 8.11. The third kappa shape index (κ3) is 2.80. The van der Waals surface area contributed by atoms with Crippen molar-refractivity contribution in [3.05, 3.63) is 51.8 Å². The van der Waals surface area contributed by atoms with Gasteiger partial charge in [-0.05, 0) is 24.1 Å². The molecule has 0 saturated heterocycles. The zero-order valence-electron chi connectivity index (χ0n) is 9.40. The average molecular weight is 270 g/mol. The highest BCUT2D eigenvalue weighted by Crippen LogP contribution is 2.23. The van der Waals surface area contributed by atoms with Crippen LogP contribution in [0.15, 0.2) is 30.5 Å². The molecule has 0 aliphatic heterocycles. The highest BCUT2D eigenvalue weighted by Gasteiger charge is 2.15. The molecule has 2 aromatic rings. The van der Waals surface area contributed by atoms with Crippen LogP contribution in [0.1, 0.15) is 17.3 Å². The van der Waals surface area contributed by atoms with Crippen molar-refractivity contribution >= 4 is 23.2 Å². The van der Waals surface area contributed by atoms with Gasteiger partial charge >= 0.3 is 0 Å². The Balaban J connectivity index is 2.17. The predicted octanol–water partition coefficient (Wildman–Crippen LogP) is 2.97. The minimum Gasteiger partial charge on any atom is -0.322 e. The smallest absolute Gasteiger partial charge is 0.0834 e. The number of nitrogens with two attached hydrogens (primary N) is 1. The van der Waals surface area contributed by atoms with Gasteiger partial charge in [0, 0.05) is 12.1 Å². The van der Waals surface area contributed by atoms with Crippen LogP contribution in [0.4, 0.5) is 0 Å². The van der Waals surface area contributed by atoms with Crippen molar-refractivity contribution in [1.29, 1.82) is 0 Å². The zero-order valence-corrected chi connectivity index (χ0v) is 10.9. The van der Waals surface area contributed by atoms with Gasteiger partial charge in [0.25, 0.3) is 0 Å². The topological polar surface area (TPSA) is 43.8 Å². The average Bonchev–Trinajstić information content (AvgIpc) is 2.62. The lowest BCUT2D eigenvalue weighted by Crippen LogP contribution is -2.17. The summed E-state index contributed by atoms with van der Waals surface area (Å²) < 4.78 is 1.71. The maximum absolute atomic E-state index is 6.13. The van der Waals surface area contributed by atoms with E-state index in [9.17, 15) is 0 Å². The summed E-state index contributed by atoms with van der Waals surface area (Å²) in [5.74, 6) is 0. The summed E-state index contributed by atoms with van der Waals surface area (Å²) in [4.78, 5) is 0. The molecule has 0 aliphatic carbocycles. The minimum atomic E-state index is -0.170. The second-order valence-electron chi connectivity index (χ2n) is 3.94. The van der Waals surface area contributed by atoms with Crippen LogP contribution in [-0.4, -0.2) is 9.78 Å². The van der Waals surface area contributed by atoms with Gasteiger partial charge in [0.15, 0.2) is 0 Å². The van der Waals surface area contributed by atoms with Crippen LogP contribution in [0.5, 0.6) is 0 Å². The lowest BCUT2D eigenvalue weighted by atomic mass is 10.0. The van der Waals surface area contributed by atoms with E-state index in [1.165, 1.54) is 0 Å². The third-order valence-corrected chi connectivity index (χ3v) is 3.20. The van der Waals surface area contributed by atoms with Crippen molar-refractivity contribution in [1.82, 2.24) is 9.78 Å². The quantitative estimate of drug-likeness (QED) is 0.931. The summed E-state index contributed by atoms with van der Waals surface area (Å²) in [6, 6.07) is 7.47. The van der Waals surface area contributed by atoms with Crippen LogP contribution >= 0.6 is 23.2 Å². The van der Waals surface area contributed by atoms with Crippen LogP contribution in [0, 0.1) is 0 Å². The molecule has 0 fully saturated rings. The lowest BCUT2D eigenvalue weighted by Gasteiger charge is -2.13. The van der Waals surface area contributed by atoms with Crippen LogP contribution in [-0.2, 0) is 13.5 Å². The standard InChI is InChI=1S/C12H13Cl2N3/c1-17-12(10(14)7-16-17)11(15)6-8-2-4-9(13)5-3-8/h2-5,7,11H,6,15H2,1H3. The largest absolute Gasteiger partial charge is 0.322 e. The van der Waals surface area contributed by atoms with Gasteiger partial charge in [0.05, 0.1) is 23.0 Å². The Morgan fingerprint density at radius 2 is 1.94 bits per heavy atom. The molecule has 1 aromatic carbocycles. The maximum Gasteiger partial charge on any atom is 0.0834 e. The van der Waals surface area contributed by atoms with Crippen molar-refractivity contribution in [2.75, 3.05) is 0 Å². The molecule has 0 radical (unpaired) electrons. The molecule has 0 spiro atoms. The van der Waals surface area contributed by atoms with Gasteiger partial charge < -0.3 is 5.73 Å². The summed E-state index contributed by atoms with van der Waals surface area (Å²) in [6.45, 7) is 0. The summed E-state index contributed by atoms with van der Waals surface area (Å²) in [5, 5.41) is 5.41. The first-order valence-corrected chi connectivity index (χ1v) is 6.01. The Bertz CT molecular complexity index is 485. The molecule has 0 amide bonds. The van der Waals surface area contributed by atoms with E-state index in [1.54, 1.807) is 10.9 Å². The van der Waals surface area contributed by atoms with E-state index < -0.39 is 0 Å². The fourth-order valence-corrected chi connectivity index (χ4v) is 2.24. The number of halogens is 2. The van der Waals surface area contributed by atoms with E-state index in [1.807, 2.05) is 31.3 Å². The molecule has 2 rings (SSSR count). The van der Waals surface area contributed by atoms with Crippen LogP contribution < -0.4 is 5.73 Å². The third-order valence-electron chi connectivity index (χ3n) is 2.66. The summed E-state index contributed by atoms with van der Waals surface area (Å²) in [7, 11) is 1.84. The van der Waals surface area contributed by atoms with E-state index in [-0.39, 0.29) is 6.04 Å². The highest BCUT2D eigenvalue weighted by molar-refractivity contribution is 6.31. The van der Waals surface area contributed by atoms with E-state index >= 15 is 0 Å². The molecule has 90 valence electrons. The lowest BCUT2D eigenvalue weighted by molar-refractivity contribution is 0.617. The Morgan fingerprint density at radius 1 is 1.29 bits per heavy atom. The fourth-order valence-electron chi connectivity index (χ4n) is 1.81. The molecule has 17 heavy (non-hydrogen) atoms. The first-order chi connectivity index (χ1) is 8.08. The normalized spacial score (nSPS) is 12.7. The Hall–Kier alpha value is -1.03. The molecule has 0 saturated carbocycles. The Labute approximate surface area is 110 Å². The summed E-state index contributed by atoms with van der Waals surface area (Å²) >= 11 is 11.9. The zero-order chi connectivity index (χ0) is 12.4. The van der Waals surface area contributed by atoms with Gasteiger partial charge in [0.1, 0.15) is 0 Å². The van der Waals surface area contributed by atoms with E-state index in [2.05, 4.69) is 5.10 Å². The Morgan fingerprint density at radius 3 is 2.47 bits per heavy atom. The first kappa shape index (κ1) is 12.4. The molecule has 1 atom stereocenters. The van der Waals surface area contributed by atoms with Gasteiger partial charge in [0.2, 0.25) is 0 Å². The molecular weight excluding hydrogens is 257 g/mol. The molecule has 1 heterocycles. The number of hydrogen-bond donors (Lipinski definition) is 1. The molecule has 5 heteroatoms. The molecule has 1 unspecified atom stereocenters. The van der Waals surface area contributed by atoms with Crippen molar-refractivity contribution in [2.45, 2.75) is 12.5 Å². The van der Waals surface area contributed by atoms with Gasteiger partial charge in [-0.3, -0.25) is 4.68 Å². The molecule has 0 bridgehead atoms. The molecule has 0 aliphatic rings. The van der Waals surface area contributed by atoms with E-state index in [0.717, 1.165) is 16.3 Å². The fraction of sp³-hybridized carbons (Fsp3) is 0.250. The van der Waals surface area contributed by atoms with Crippen molar-refractivity contribution in [3.63, 3.8) is 0 Å². The number of aryl methyl sites for hydroxylation is 1. The second-order valence-corrected chi connectivity index (χ2v) is 4.78. The minimum absolute atomic E-state index is 0.170. The molecular formula is C12H13Cl2N3. The number of benzene rings is 1.